The number of hydrogen-bond acceptors (Lipinski definition) is 18. The Morgan fingerprint density at radius 2 is 1.19 bits per heavy atom. The Hall–Kier alpha value is -3.95. The minimum absolute atomic E-state index is 0.00900. The second-order valence-corrected chi connectivity index (χ2v) is 10.9. The molecule has 0 aliphatic carbocycles. The Labute approximate surface area is 271 Å². The molecule has 0 spiro atoms. The van der Waals surface area contributed by atoms with E-state index in [0.717, 1.165) is 12.1 Å². The van der Waals surface area contributed by atoms with Crippen LogP contribution in [0.25, 0.3) is 22.3 Å². The molecule has 0 saturated carbocycles. The van der Waals surface area contributed by atoms with Gasteiger partial charge in [0, 0.05) is 18.2 Å². The highest BCUT2D eigenvalue weighted by molar-refractivity contribution is 5.90. The Morgan fingerprint density at radius 3 is 1.69 bits per heavy atom. The maximum absolute atomic E-state index is 13.3. The zero-order chi connectivity index (χ0) is 35.0. The molecule has 3 aromatic rings. The van der Waals surface area contributed by atoms with Gasteiger partial charge in [0.05, 0.1) is 40.1 Å². The molecule has 0 amide bonds. The van der Waals surface area contributed by atoms with Gasteiger partial charge in [-0.1, -0.05) is 0 Å². The van der Waals surface area contributed by atoms with Gasteiger partial charge in [-0.15, -0.1) is 0 Å². The first-order valence-corrected chi connectivity index (χ1v) is 14.5. The zero-order valence-corrected chi connectivity index (χ0v) is 25.7. The van der Waals surface area contributed by atoms with Gasteiger partial charge >= 0.3 is 0 Å². The average molecular weight is 685 g/mol. The van der Waals surface area contributed by atoms with E-state index in [4.69, 9.17) is 37.6 Å². The van der Waals surface area contributed by atoms with Crippen LogP contribution in [0, 0.1) is 0 Å². The molecule has 2 aliphatic rings. The standard InChI is InChI=1S/C30H36O18/c1-41-12-6-15(45-29-26(39)24(37)21(34)18(8-31)47-29)14(42-2)4-10(12)13-5-11(33)20-16(44-13)7-17(28(43-3)23(20)36)46-30-27(40)25(38)22(35)19(9-32)48-30/h4-7,18-19,21-22,24-27,29-32,34-40H,8-9H2,1-3H3/t18-,19-,21-,22-,24+,25+,26-,27-,29-,30-/m1/s1. The maximum atomic E-state index is 13.3. The molecule has 2 aromatic carbocycles. The van der Waals surface area contributed by atoms with Crippen LogP contribution in [0.4, 0.5) is 0 Å². The third kappa shape index (κ3) is 6.30. The summed E-state index contributed by atoms with van der Waals surface area (Å²) in [4.78, 5) is 13.3. The number of phenols is 1. The Kier molecular flexibility index (Phi) is 10.5. The molecule has 5 rings (SSSR count). The predicted octanol–water partition coefficient (Wildman–Crippen LogP) is -2.45. The highest BCUT2D eigenvalue weighted by Gasteiger charge is 2.46. The second-order valence-electron chi connectivity index (χ2n) is 10.9. The van der Waals surface area contributed by atoms with Crippen molar-refractivity contribution in [2.75, 3.05) is 34.5 Å². The van der Waals surface area contributed by atoms with Crippen molar-refractivity contribution in [2.24, 2.45) is 0 Å². The first kappa shape index (κ1) is 35.4. The van der Waals surface area contributed by atoms with E-state index in [-0.39, 0.29) is 51.0 Å². The SMILES string of the molecule is COc1cc(-c2cc(=O)c3c(O)c(OC)c(O[C@@H]4O[C@H](CO)[C@@H](O)[C@H](O)[C@H]4O)cc3o2)c(OC)cc1O[C@@H]1O[C@H](CO)[C@@H](O)[C@H](O)[C@H]1O. The third-order valence-electron chi connectivity index (χ3n) is 8.05. The topological polar surface area (TPSA) is 277 Å². The number of aliphatic hydroxyl groups excluding tert-OH is 8. The Balaban J connectivity index is 1.54. The van der Waals surface area contributed by atoms with Crippen LogP contribution in [-0.4, -0.2) is 142 Å². The number of rotatable bonds is 10. The lowest BCUT2D eigenvalue weighted by Crippen LogP contribution is -2.60. The fourth-order valence-electron chi connectivity index (χ4n) is 5.41. The van der Waals surface area contributed by atoms with Gasteiger partial charge < -0.3 is 83.5 Å². The number of hydrogen-bond donors (Lipinski definition) is 9. The maximum Gasteiger partial charge on any atom is 0.229 e. The summed E-state index contributed by atoms with van der Waals surface area (Å²) in [7, 11) is 3.75. The summed E-state index contributed by atoms with van der Waals surface area (Å²) in [6.07, 6.45) is -16.0. The number of fused-ring (bicyclic) bond motifs is 1. The van der Waals surface area contributed by atoms with Crippen molar-refractivity contribution < 1.29 is 83.5 Å². The van der Waals surface area contributed by atoms with Crippen LogP contribution in [0.3, 0.4) is 0 Å². The molecule has 3 heterocycles. The van der Waals surface area contributed by atoms with Gasteiger partial charge in [-0.3, -0.25) is 4.79 Å². The Morgan fingerprint density at radius 1 is 0.646 bits per heavy atom. The molecular formula is C30H36O18. The number of benzene rings is 2. The van der Waals surface area contributed by atoms with Crippen molar-refractivity contribution in [3.8, 4) is 45.8 Å². The monoisotopic (exact) mass is 684 g/mol. The number of methoxy groups -OCH3 is 3. The molecular weight excluding hydrogens is 648 g/mol. The van der Waals surface area contributed by atoms with Gasteiger partial charge in [-0.25, -0.2) is 0 Å². The molecule has 1 aromatic heterocycles. The van der Waals surface area contributed by atoms with E-state index in [1.807, 2.05) is 0 Å². The number of aliphatic hydroxyl groups is 8. The van der Waals surface area contributed by atoms with E-state index in [1.54, 1.807) is 0 Å². The smallest absolute Gasteiger partial charge is 0.229 e. The summed E-state index contributed by atoms with van der Waals surface area (Å²) < 4.78 is 44.4. The Bertz CT molecular complexity index is 1660. The van der Waals surface area contributed by atoms with Gasteiger partial charge in [-0.2, -0.15) is 0 Å². The van der Waals surface area contributed by atoms with E-state index in [2.05, 4.69) is 0 Å². The van der Waals surface area contributed by atoms with Crippen molar-refractivity contribution in [3.63, 3.8) is 0 Å². The molecule has 48 heavy (non-hydrogen) atoms. The van der Waals surface area contributed by atoms with Gasteiger partial charge in [0.25, 0.3) is 0 Å². The number of ether oxygens (including phenoxy) is 7. The second kappa shape index (κ2) is 14.3. The summed E-state index contributed by atoms with van der Waals surface area (Å²) in [5, 5.41) is 91.1. The molecule has 2 fully saturated rings. The quantitative estimate of drug-likeness (QED) is 0.107. The normalized spacial score (nSPS) is 30.6. The third-order valence-corrected chi connectivity index (χ3v) is 8.05. The minimum atomic E-state index is -1.80. The average Bonchev–Trinajstić information content (AvgIpc) is 3.08. The van der Waals surface area contributed by atoms with Crippen molar-refractivity contribution in [1.82, 2.24) is 0 Å². The molecule has 2 aliphatic heterocycles. The molecule has 18 heteroatoms. The van der Waals surface area contributed by atoms with Crippen molar-refractivity contribution >= 4 is 11.0 Å². The van der Waals surface area contributed by atoms with E-state index in [0.29, 0.717) is 0 Å². The predicted molar refractivity (Wildman–Crippen MR) is 158 cm³/mol. The van der Waals surface area contributed by atoms with E-state index in [1.165, 1.54) is 33.5 Å². The van der Waals surface area contributed by atoms with Crippen LogP contribution < -0.4 is 29.1 Å². The summed E-state index contributed by atoms with van der Waals surface area (Å²) in [5.41, 5.74) is -0.830. The zero-order valence-electron chi connectivity index (χ0n) is 25.7. The summed E-state index contributed by atoms with van der Waals surface area (Å²) >= 11 is 0. The lowest BCUT2D eigenvalue weighted by molar-refractivity contribution is -0.277. The van der Waals surface area contributed by atoms with Crippen molar-refractivity contribution in [1.29, 1.82) is 0 Å². The van der Waals surface area contributed by atoms with Crippen molar-refractivity contribution in [3.05, 3.63) is 34.5 Å². The fourth-order valence-corrected chi connectivity index (χ4v) is 5.41. The largest absolute Gasteiger partial charge is 0.504 e. The molecule has 2 saturated heterocycles. The van der Waals surface area contributed by atoms with E-state index >= 15 is 0 Å². The molecule has 0 unspecified atom stereocenters. The first-order valence-electron chi connectivity index (χ1n) is 14.5. The van der Waals surface area contributed by atoms with Crippen LogP contribution in [-0.2, 0) is 9.47 Å². The van der Waals surface area contributed by atoms with Crippen LogP contribution >= 0.6 is 0 Å². The number of phenolic OH excluding ortho intramolecular Hbond substituents is 1. The van der Waals surface area contributed by atoms with Crippen molar-refractivity contribution in [2.45, 2.75) is 61.4 Å². The van der Waals surface area contributed by atoms with Gasteiger partial charge in [0.1, 0.15) is 71.3 Å². The van der Waals surface area contributed by atoms with Crippen LogP contribution in [0.1, 0.15) is 0 Å². The molecule has 0 radical (unpaired) electrons. The molecule has 9 N–H and O–H groups in total. The lowest BCUT2D eigenvalue weighted by atomic mass is 9.99. The van der Waals surface area contributed by atoms with Crippen LogP contribution in [0.2, 0.25) is 0 Å². The molecule has 10 atom stereocenters. The summed E-state index contributed by atoms with van der Waals surface area (Å²) in [6.45, 7) is -1.40. The van der Waals surface area contributed by atoms with Gasteiger partial charge in [0.15, 0.2) is 28.4 Å². The molecule has 264 valence electrons. The summed E-state index contributed by atoms with van der Waals surface area (Å²) in [5.74, 6) is -1.46. The highest BCUT2D eigenvalue weighted by Crippen LogP contribution is 2.45. The fraction of sp³-hybridized carbons (Fsp3) is 0.500. The van der Waals surface area contributed by atoms with E-state index < -0.39 is 85.8 Å². The van der Waals surface area contributed by atoms with E-state index in [9.17, 15) is 50.8 Å². The van der Waals surface area contributed by atoms with Gasteiger partial charge in [0.2, 0.25) is 18.3 Å². The van der Waals surface area contributed by atoms with Crippen LogP contribution in [0.5, 0.6) is 34.5 Å². The molecule has 18 nitrogen and oxygen atoms in total. The summed E-state index contributed by atoms with van der Waals surface area (Å²) in [6, 6.07) is 4.87. The highest BCUT2D eigenvalue weighted by atomic mass is 16.7. The minimum Gasteiger partial charge on any atom is -0.504 e. The lowest BCUT2D eigenvalue weighted by Gasteiger charge is -2.39. The van der Waals surface area contributed by atoms with Crippen LogP contribution in [0.15, 0.2) is 33.5 Å². The number of aromatic hydroxyl groups is 1. The first-order chi connectivity index (χ1) is 22.9. The van der Waals surface area contributed by atoms with Gasteiger partial charge in [-0.05, 0) is 6.07 Å². The molecule has 0 bridgehead atoms.